The molecule has 0 aliphatic carbocycles. The molecule has 2 aliphatic heterocycles. The van der Waals surface area contributed by atoms with Crippen LogP contribution < -0.4 is 4.74 Å². The molecule has 3 atom stereocenters. The Labute approximate surface area is 223 Å². The molecule has 2 aliphatic rings. The van der Waals surface area contributed by atoms with Crippen molar-refractivity contribution in [2.75, 3.05) is 32.9 Å². The molecule has 38 heavy (non-hydrogen) atoms. The lowest BCUT2D eigenvalue weighted by Gasteiger charge is -2.31. The summed E-state index contributed by atoms with van der Waals surface area (Å²) in [4.78, 5) is 17.0. The molecular weight excluding hydrogens is 512 g/mol. The van der Waals surface area contributed by atoms with Gasteiger partial charge in [-0.15, -0.1) is 0 Å². The number of piperidine rings is 1. The molecule has 10 nitrogen and oxygen atoms in total. The third kappa shape index (κ3) is 7.09. The zero-order valence-electron chi connectivity index (χ0n) is 21.8. The number of carbonyl (C=O) groups is 1. The summed E-state index contributed by atoms with van der Waals surface area (Å²) >= 11 is 0. The summed E-state index contributed by atoms with van der Waals surface area (Å²) in [6, 6.07) is 11.5. The number of nitrogens with zero attached hydrogens (tertiary/aromatic N) is 2. The summed E-state index contributed by atoms with van der Waals surface area (Å²) in [5, 5.41) is 18.5. The maximum Gasteiger partial charge on any atom is 0.387 e. The van der Waals surface area contributed by atoms with Crippen molar-refractivity contribution in [2.45, 2.75) is 57.7 Å². The fourth-order valence-electron chi connectivity index (χ4n) is 4.96. The second-order valence-electron chi connectivity index (χ2n) is 10.0. The van der Waals surface area contributed by atoms with Crippen LogP contribution in [-0.2, 0) is 24.0 Å². The first-order valence-corrected chi connectivity index (χ1v) is 14.4. The van der Waals surface area contributed by atoms with Crippen LogP contribution in [0.4, 0.5) is 0 Å². The van der Waals surface area contributed by atoms with Crippen LogP contribution in [0.3, 0.4) is 0 Å². The Bertz CT molecular complexity index is 1210. The van der Waals surface area contributed by atoms with Crippen molar-refractivity contribution >= 4 is 16.3 Å². The van der Waals surface area contributed by atoms with Gasteiger partial charge in [0, 0.05) is 31.3 Å². The van der Waals surface area contributed by atoms with Gasteiger partial charge >= 0.3 is 16.3 Å². The molecule has 1 aromatic carbocycles. The Morgan fingerprint density at radius 2 is 1.97 bits per heavy atom. The van der Waals surface area contributed by atoms with Gasteiger partial charge in [0.2, 0.25) is 5.88 Å². The number of aromatic nitrogens is 1. The van der Waals surface area contributed by atoms with Crippen molar-refractivity contribution < 1.29 is 37.1 Å². The van der Waals surface area contributed by atoms with Gasteiger partial charge in [-0.3, -0.25) is 4.79 Å². The number of benzene rings is 1. The van der Waals surface area contributed by atoms with Crippen molar-refractivity contribution in [3.63, 3.8) is 0 Å². The topological polar surface area (TPSA) is 135 Å². The van der Waals surface area contributed by atoms with E-state index in [1.165, 1.54) is 4.31 Å². The number of hydrogen-bond donors (Lipinski definition) is 2. The Hall–Kier alpha value is -2.57. The first kappa shape index (κ1) is 28.4. The monoisotopic (exact) mass is 548 g/mol. The average Bonchev–Trinajstić information content (AvgIpc) is 2.91. The molecule has 0 radical (unpaired) electrons. The van der Waals surface area contributed by atoms with Crippen LogP contribution >= 0.6 is 0 Å². The van der Waals surface area contributed by atoms with Gasteiger partial charge in [0.1, 0.15) is 12.7 Å². The molecule has 4 rings (SSSR count). The molecule has 2 N–H and O–H groups in total. The summed E-state index contributed by atoms with van der Waals surface area (Å²) in [5.41, 5.74) is 3.81. The molecule has 0 amide bonds. The van der Waals surface area contributed by atoms with E-state index in [1.54, 1.807) is 6.07 Å². The van der Waals surface area contributed by atoms with Crippen molar-refractivity contribution in [3.05, 3.63) is 47.5 Å². The van der Waals surface area contributed by atoms with Gasteiger partial charge in [0.15, 0.2) is 0 Å². The zero-order valence-corrected chi connectivity index (χ0v) is 22.6. The number of aliphatic hydroxyl groups is 2. The standard InChI is InChI=1S/C27H36N2O8S/c1-18-14-21(6-7-24(18)25-4-3-5-26(28-25)36-17-23(31)16-30)20-8-11-29(12-9-20)38(33,34)37-27(32)22-10-13-35-19(2)15-22/h3-7,14,19-20,22-23,30-31H,8-13,15-17H2,1-2H3/t19?,22?,23-/m1/s1. The first-order valence-electron chi connectivity index (χ1n) is 13.0. The molecule has 1 aromatic heterocycles. The minimum Gasteiger partial charge on any atom is -0.475 e. The van der Waals surface area contributed by atoms with Crippen molar-refractivity contribution in [3.8, 4) is 17.1 Å². The van der Waals surface area contributed by atoms with E-state index < -0.39 is 28.3 Å². The molecule has 2 unspecified atom stereocenters. The molecule has 2 saturated heterocycles. The largest absolute Gasteiger partial charge is 0.475 e. The minimum absolute atomic E-state index is 0.0484. The van der Waals surface area contributed by atoms with E-state index in [-0.39, 0.29) is 38.3 Å². The first-order chi connectivity index (χ1) is 18.2. The second kappa shape index (κ2) is 12.5. The summed E-state index contributed by atoms with van der Waals surface area (Å²) in [5.74, 6) is -0.606. The van der Waals surface area contributed by atoms with E-state index in [1.807, 2.05) is 38.1 Å². The molecule has 0 saturated carbocycles. The van der Waals surface area contributed by atoms with Gasteiger partial charge in [-0.05, 0) is 62.6 Å². The molecule has 208 valence electrons. The molecule has 2 fully saturated rings. The summed E-state index contributed by atoms with van der Waals surface area (Å²) in [6.45, 7) is 4.42. The fourth-order valence-corrected chi connectivity index (χ4v) is 6.06. The summed E-state index contributed by atoms with van der Waals surface area (Å²) < 4.78 is 42.7. The Morgan fingerprint density at radius 3 is 2.66 bits per heavy atom. The average molecular weight is 549 g/mol. The van der Waals surface area contributed by atoms with Crippen LogP contribution in [0.2, 0.25) is 0 Å². The maximum atomic E-state index is 12.8. The number of ether oxygens (including phenoxy) is 2. The van der Waals surface area contributed by atoms with E-state index in [0.29, 0.717) is 38.2 Å². The Morgan fingerprint density at radius 1 is 1.21 bits per heavy atom. The van der Waals surface area contributed by atoms with E-state index in [9.17, 15) is 18.3 Å². The van der Waals surface area contributed by atoms with Gasteiger partial charge in [-0.25, -0.2) is 4.98 Å². The molecule has 3 heterocycles. The lowest BCUT2D eigenvalue weighted by molar-refractivity contribution is -0.143. The minimum atomic E-state index is -4.13. The maximum absolute atomic E-state index is 12.8. The number of carbonyl (C=O) groups excluding carboxylic acids is 1. The number of aliphatic hydroxyl groups excluding tert-OH is 2. The van der Waals surface area contributed by atoms with E-state index in [0.717, 1.165) is 22.4 Å². The second-order valence-corrected chi connectivity index (χ2v) is 11.6. The normalized spacial score (nSPS) is 22.1. The lowest BCUT2D eigenvalue weighted by atomic mass is 9.88. The van der Waals surface area contributed by atoms with Crippen LogP contribution in [0, 0.1) is 12.8 Å². The van der Waals surface area contributed by atoms with Gasteiger partial charge in [-0.1, -0.05) is 24.3 Å². The van der Waals surface area contributed by atoms with Gasteiger partial charge in [0.05, 0.1) is 24.3 Å². The molecule has 2 aromatic rings. The zero-order chi connectivity index (χ0) is 27.3. The number of aryl methyl sites for hydroxylation is 1. The van der Waals surface area contributed by atoms with E-state index >= 15 is 0 Å². The Balaban J connectivity index is 1.35. The highest BCUT2D eigenvalue weighted by atomic mass is 32.2. The van der Waals surface area contributed by atoms with Crippen LogP contribution in [0.1, 0.15) is 49.7 Å². The quantitative estimate of drug-likeness (QED) is 0.485. The van der Waals surface area contributed by atoms with E-state index in [2.05, 4.69) is 11.1 Å². The third-order valence-electron chi connectivity index (χ3n) is 7.13. The SMILES string of the molecule is Cc1cc(C2CCN(S(=O)(=O)OC(=O)C3CCOC(C)C3)CC2)ccc1-c1cccc(OC[C@H](O)CO)n1. The van der Waals surface area contributed by atoms with Crippen LogP contribution in [0.25, 0.3) is 11.3 Å². The summed E-state index contributed by atoms with van der Waals surface area (Å²) in [6.07, 6.45) is 1.12. The predicted octanol–water partition coefficient (Wildman–Crippen LogP) is 2.57. The fraction of sp³-hybridized carbons (Fsp3) is 0.556. The predicted molar refractivity (Wildman–Crippen MR) is 140 cm³/mol. The number of rotatable bonds is 9. The van der Waals surface area contributed by atoms with Crippen molar-refractivity contribution in [1.29, 1.82) is 0 Å². The molecular formula is C27H36N2O8S. The highest BCUT2D eigenvalue weighted by Crippen LogP contribution is 2.33. The highest BCUT2D eigenvalue weighted by molar-refractivity contribution is 7.84. The van der Waals surface area contributed by atoms with Crippen molar-refractivity contribution in [1.82, 2.24) is 9.29 Å². The highest BCUT2D eigenvalue weighted by Gasteiger charge is 2.35. The molecule has 0 bridgehead atoms. The van der Waals surface area contributed by atoms with Gasteiger partial charge < -0.3 is 23.9 Å². The van der Waals surface area contributed by atoms with E-state index in [4.69, 9.17) is 18.8 Å². The van der Waals surface area contributed by atoms with Crippen LogP contribution in [0.15, 0.2) is 36.4 Å². The third-order valence-corrected chi connectivity index (χ3v) is 8.50. The smallest absolute Gasteiger partial charge is 0.387 e. The van der Waals surface area contributed by atoms with Crippen LogP contribution in [0.5, 0.6) is 5.88 Å². The number of pyridine rings is 1. The van der Waals surface area contributed by atoms with Crippen molar-refractivity contribution in [2.24, 2.45) is 5.92 Å². The molecule has 0 spiro atoms. The van der Waals surface area contributed by atoms with Gasteiger partial charge in [-0.2, -0.15) is 12.7 Å². The van der Waals surface area contributed by atoms with Gasteiger partial charge in [0.25, 0.3) is 0 Å². The Kier molecular flexibility index (Phi) is 9.37. The molecule has 11 heteroatoms. The number of hydrogen-bond acceptors (Lipinski definition) is 9. The summed E-state index contributed by atoms with van der Waals surface area (Å²) in [7, 11) is -4.13. The lowest BCUT2D eigenvalue weighted by Crippen LogP contribution is -2.41. The van der Waals surface area contributed by atoms with Crippen LogP contribution in [-0.4, -0.2) is 79.0 Å².